The summed E-state index contributed by atoms with van der Waals surface area (Å²) >= 11 is 4.97. The molecule has 2 aromatic rings. The van der Waals surface area contributed by atoms with E-state index in [2.05, 4.69) is 15.0 Å². The van der Waals surface area contributed by atoms with E-state index >= 15 is 0 Å². The van der Waals surface area contributed by atoms with E-state index in [1.807, 2.05) is 13.8 Å². The highest BCUT2D eigenvalue weighted by Crippen LogP contribution is 2.48. The summed E-state index contributed by atoms with van der Waals surface area (Å²) in [6, 6.07) is 0. The molecule has 1 saturated heterocycles. The van der Waals surface area contributed by atoms with Gasteiger partial charge >= 0.3 is 6.72 Å². The molecule has 1 aliphatic heterocycles. The van der Waals surface area contributed by atoms with E-state index in [1.54, 1.807) is 10.9 Å². The number of hydrogen-bond acceptors (Lipinski definition) is 9. The van der Waals surface area contributed by atoms with Crippen LogP contribution < -0.4 is 5.73 Å². The van der Waals surface area contributed by atoms with Gasteiger partial charge in [-0.25, -0.2) is 15.0 Å². The lowest BCUT2D eigenvalue weighted by Crippen LogP contribution is -2.46. The second kappa shape index (κ2) is 7.43. The van der Waals surface area contributed by atoms with E-state index in [4.69, 9.17) is 36.1 Å². The lowest BCUT2D eigenvalue weighted by atomic mass is 9.97. The van der Waals surface area contributed by atoms with E-state index in [0.717, 1.165) is 0 Å². The summed E-state index contributed by atoms with van der Waals surface area (Å²) in [5.74, 6) is 0.303. The maximum atomic E-state index is 10.0. The number of ether oxygens (including phenoxy) is 2. The smallest absolute Gasteiger partial charge is 0.324 e. The van der Waals surface area contributed by atoms with Gasteiger partial charge in [-0.15, -0.1) is 0 Å². The van der Waals surface area contributed by atoms with Crippen molar-refractivity contribution in [2.75, 3.05) is 26.1 Å². The van der Waals surface area contributed by atoms with Crippen molar-refractivity contribution in [1.29, 1.82) is 0 Å². The first-order chi connectivity index (χ1) is 12.3. The molecule has 0 spiro atoms. The van der Waals surface area contributed by atoms with Gasteiger partial charge in [0.05, 0.1) is 19.5 Å². The Morgan fingerprint density at radius 1 is 1.54 bits per heavy atom. The third kappa shape index (κ3) is 3.61. The molecule has 144 valence electrons. The summed E-state index contributed by atoms with van der Waals surface area (Å²) in [5.41, 5.74) is 6.12. The van der Waals surface area contributed by atoms with Crippen molar-refractivity contribution in [3.63, 3.8) is 0 Å². The first-order valence-corrected chi connectivity index (χ1v) is 10.7. The third-order valence-corrected chi connectivity index (χ3v) is 6.16. The second-order valence-electron chi connectivity index (χ2n) is 5.98. The van der Waals surface area contributed by atoms with E-state index in [1.165, 1.54) is 13.4 Å². The van der Waals surface area contributed by atoms with Gasteiger partial charge in [0.15, 0.2) is 11.5 Å². The predicted molar refractivity (Wildman–Crippen MR) is 97.8 cm³/mol. The normalized spacial score (nSPS) is 26.8. The third-order valence-electron chi connectivity index (χ3n) is 4.48. The van der Waals surface area contributed by atoms with Gasteiger partial charge in [0.1, 0.15) is 29.8 Å². The number of aromatic nitrogens is 4. The van der Waals surface area contributed by atoms with Crippen molar-refractivity contribution < 1.29 is 23.4 Å². The highest BCUT2D eigenvalue weighted by molar-refractivity contribution is 8.07. The van der Waals surface area contributed by atoms with Gasteiger partial charge < -0.3 is 24.6 Å². The number of nitrogens with zero attached hydrogens (tertiary/aromatic N) is 4. The predicted octanol–water partition coefficient (Wildman–Crippen LogP) is 1.37. The van der Waals surface area contributed by atoms with Crippen LogP contribution >= 0.6 is 6.72 Å². The topological polar surface area (TPSA) is 127 Å². The number of imidazole rings is 1. The Morgan fingerprint density at radius 2 is 2.31 bits per heavy atom. The van der Waals surface area contributed by atoms with Gasteiger partial charge in [-0.1, -0.05) is 6.92 Å². The minimum atomic E-state index is -3.35. The molecule has 12 heteroatoms. The summed E-state index contributed by atoms with van der Waals surface area (Å²) in [7, 11) is 1.31. The lowest BCUT2D eigenvalue weighted by Gasteiger charge is -2.36. The SMILES string of the molecule is CC[C@]1(OC(C)n2cnc3c(N)ncnc32)COCC1OP(O)(=S)OC. The molecule has 3 N–H and O–H groups in total. The minimum absolute atomic E-state index is 0.253. The Kier molecular flexibility index (Phi) is 5.59. The highest BCUT2D eigenvalue weighted by Gasteiger charge is 2.48. The summed E-state index contributed by atoms with van der Waals surface area (Å²) in [6.07, 6.45) is 2.57. The number of hydrogen-bond donors (Lipinski definition) is 2. The Labute approximate surface area is 155 Å². The summed E-state index contributed by atoms with van der Waals surface area (Å²) < 4.78 is 24.1. The van der Waals surface area contributed by atoms with Crippen LogP contribution in [-0.2, 0) is 30.3 Å². The zero-order chi connectivity index (χ0) is 18.9. The first kappa shape index (κ1) is 19.6. The first-order valence-electron chi connectivity index (χ1n) is 8.07. The van der Waals surface area contributed by atoms with Crippen molar-refractivity contribution in [3.05, 3.63) is 12.7 Å². The Bertz CT molecular complexity index is 835. The second-order valence-corrected chi connectivity index (χ2v) is 8.88. The molecule has 10 nitrogen and oxygen atoms in total. The molecule has 0 bridgehead atoms. The maximum absolute atomic E-state index is 10.0. The monoisotopic (exact) mass is 403 g/mol. The molecule has 26 heavy (non-hydrogen) atoms. The van der Waals surface area contributed by atoms with E-state index in [-0.39, 0.29) is 6.61 Å². The maximum Gasteiger partial charge on any atom is 0.324 e. The zero-order valence-corrected chi connectivity index (χ0v) is 16.4. The molecule has 3 unspecified atom stereocenters. The van der Waals surface area contributed by atoms with Gasteiger partial charge in [-0.3, -0.25) is 9.09 Å². The molecule has 3 heterocycles. The molecule has 0 saturated carbocycles. The van der Waals surface area contributed by atoms with Crippen molar-refractivity contribution in [2.24, 2.45) is 0 Å². The number of rotatable bonds is 7. The molecule has 0 radical (unpaired) electrons. The van der Waals surface area contributed by atoms with Crippen molar-refractivity contribution in [1.82, 2.24) is 19.5 Å². The van der Waals surface area contributed by atoms with E-state index in [0.29, 0.717) is 30.0 Å². The average Bonchev–Trinajstić information content (AvgIpc) is 3.20. The van der Waals surface area contributed by atoms with Crippen LogP contribution in [-0.4, -0.2) is 56.4 Å². The van der Waals surface area contributed by atoms with Gasteiger partial charge in [0.2, 0.25) is 0 Å². The molecular formula is C14H22N5O5PS. The lowest BCUT2D eigenvalue weighted by molar-refractivity contribution is -0.152. The van der Waals surface area contributed by atoms with Gasteiger partial charge in [-0.2, -0.15) is 0 Å². The van der Waals surface area contributed by atoms with Crippen LogP contribution in [0.15, 0.2) is 12.7 Å². The quantitative estimate of drug-likeness (QED) is 0.654. The fourth-order valence-electron chi connectivity index (χ4n) is 2.97. The molecule has 4 atom stereocenters. The van der Waals surface area contributed by atoms with Crippen LogP contribution in [0, 0.1) is 0 Å². The van der Waals surface area contributed by atoms with E-state index in [9.17, 15) is 4.89 Å². The minimum Gasteiger partial charge on any atom is -0.382 e. The zero-order valence-electron chi connectivity index (χ0n) is 14.7. The highest BCUT2D eigenvalue weighted by atomic mass is 32.5. The summed E-state index contributed by atoms with van der Waals surface area (Å²) in [5, 5.41) is 0. The molecule has 0 aliphatic carbocycles. The fraction of sp³-hybridized carbons (Fsp3) is 0.643. The Morgan fingerprint density at radius 3 is 3.00 bits per heavy atom. The summed E-state index contributed by atoms with van der Waals surface area (Å²) in [4.78, 5) is 22.4. The molecular weight excluding hydrogens is 381 g/mol. The molecule has 0 aromatic carbocycles. The van der Waals surface area contributed by atoms with Crippen molar-refractivity contribution in [2.45, 2.75) is 38.2 Å². The molecule has 0 amide bonds. The van der Waals surface area contributed by atoms with Crippen LogP contribution in [0.5, 0.6) is 0 Å². The standard InChI is InChI=1S/C14H22N5O5PS/c1-4-14(6-22-5-10(14)24-25(20,26)21-3)23-9(2)19-8-18-11-12(15)16-7-17-13(11)19/h7-10H,4-6H2,1-3H3,(H,20,26)(H2,15,16,17)/t9?,10?,14-,25?/m0/s1. The largest absolute Gasteiger partial charge is 0.382 e. The Hall–Kier alpha value is -1.20. The number of nitrogen functional groups attached to an aromatic ring is 1. The van der Waals surface area contributed by atoms with Crippen molar-refractivity contribution in [3.8, 4) is 0 Å². The van der Waals surface area contributed by atoms with Crippen LogP contribution in [0.1, 0.15) is 26.5 Å². The molecule has 3 rings (SSSR count). The van der Waals surface area contributed by atoms with Crippen LogP contribution in [0.3, 0.4) is 0 Å². The van der Waals surface area contributed by atoms with E-state index < -0.39 is 24.7 Å². The average molecular weight is 403 g/mol. The molecule has 2 aromatic heterocycles. The fourth-order valence-corrected chi connectivity index (χ4v) is 3.94. The number of nitrogens with two attached hydrogens (primary N) is 1. The molecule has 1 aliphatic rings. The van der Waals surface area contributed by atoms with Gasteiger partial charge in [-0.05, 0) is 25.2 Å². The van der Waals surface area contributed by atoms with Gasteiger partial charge in [0, 0.05) is 7.11 Å². The number of anilines is 1. The summed E-state index contributed by atoms with van der Waals surface area (Å²) in [6.45, 7) is 1.03. The van der Waals surface area contributed by atoms with Crippen LogP contribution in [0.25, 0.3) is 11.2 Å². The van der Waals surface area contributed by atoms with Crippen LogP contribution in [0.2, 0.25) is 0 Å². The van der Waals surface area contributed by atoms with Crippen molar-refractivity contribution >= 4 is 35.5 Å². The number of fused-ring (bicyclic) bond motifs is 1. The Balaban J connectivity index is 1.86. The van der Waals surface area contributed by atoms with Gasteiger partial charge in [0.25, 0.3) is 0 Å². The van der Waals surface area contributed by atoms with Crippen LogP contribution in [0.4, 0.5) is 5.82 Å². The molecule has 1 fully saturated rings.